The van der Waals surface area contributed by atoms with E-state index < -0.39 is 92.3 Å². The summed E-state index contributed by atoms with van der Waals surface area (Å²) in [5, 5.41) is 3.73. The fraction of sp³-hybridized carbons (Fsp3) is 0.692. The second-order valence-electron chi connectivity index (χ2n) is 20.9. The van der Waals surface area contributed by atoms with Crippen molar-refractivity contribution >= 4 is 58.9 Å². The first-order valence-electron chi connectivity index (χ1n) is 23.9. The molecule has 5 heterocycles. The highest BCUT2D eigenvalue weighted by molar-refractivity contribution is 6.10. The summed E-state index contributed by atoms with van der Waals surface area (Å²) in [7, 11) is 9.18. The number of esters is 7. The zero-order chi connectivity index (χ0) is 52.4. The Balaban J connectivity index is 2.07. The van der Waals surface area contributed by atoms with Crippen molar-refractivity contribution in [3.8, 4) is 0 Å². The maximum Gasteiger partial charge on any atom is 0.308 e. The van der Waals surface area contributed by atoms with Crippen LogP contribution in [-0.4, -0.2) is 120 Å². The van der Waals surface area contributed by atoms with Crippen LogP contribution in [0.15, 0.2) is 49.3 Å². The van der Waals surface area contributed by atoms with Crippen LogP contribution in [0.3, 0.4) is 0 Å². The summed E-state index contributed by atoms with van der Waals surface area (Å²) in [5.41, 5.74) is -2.22. The van der Waals surface area contributed by atoms with E-state index >= 15 is 0 Å². The molecule has 5 aliphatic heterocycles. The van der Waals surface area contributed by atoms with Crippen molar-refractivity contribution in [3.05, 3.63) is 34.3 Å². The maximum atomic E-state index is 14.2. The van der Waals surface area contributed by atoms with E-state index in [1.807, 2.05) is 47.6 Å². The van der Waals surface area contributed by atoms with Gasteiger partial charge in [0.2, 0.25) is 0 Å². The Labute approximate surface area is 411 Å². The number of nitrogens with zero attached hydrogens (tertiary/aromatic N) is 3. The van der Waals surface area contributed by atoms with Crippen molar-refractivity contribution < 1.29 is 66.7 Å². The van der Waals surface area contributed by atoms with Crippen LogP contribution in [0.1, 0.15) is 132 Å². The fourth-order valence-electron chi connectivity index (χ4n) is 12.4. The lowest BCUT2D eigenvalue weighted by atomic mass is 9.53. The number of hydrogen-bond donors (Lipinski definition) is 1. The molecule has 0 spiro atoms. The van der Waals surface area contributed by atoms with E-state index in [1.54, 1.807) is 0 Å². The van der Waals surface area contributed by atoms with Gasteiger partial charge in [-0.15, -0.1) is 0 Å². The zero-order valence-corrected chi connectivity index (χ0v) is 43.9. The Morgan fingerprint density at radius 3 is 1.59 bits per heavy atom. The number of ether oxygens (including phenoxy) is 7. The lowest BCUT2D eigenvalue weighted by Crippen LogP contribution is -2.60. The van der Waals surface area contributed by atoms with E-state index in [0.29, 0.717) is 51.8 Å². The van der Waals surface area contributed by atoms with E-state index in [9.17, 15) is 33.6 Å². The molecule has 5 rings (SSSR count). The largest absolute Gasteiger partial charge is 0.469 e. The Kier molecular flexibility index (Phi) is 16.5. The monoisotopic (exact) mass is 979 g/mol. The zero-order valence-electron chi connectivity index (χ0n) is 43.9. The maximum absolute atomic E-state index is 14.2. The average Bonchev–Trinajstić information content (AvgIpc) is 3.95. The molecule has 18 heteroatoms. The number of fused-ring (bicyclic) bond motifs is 6. The van der Waals surface area contributed by atoms with Crippen LogP contribution in [0.25, 0.3) is 0 Å². The number of carbonyl (C=O) groups is 7. The summed E-state index contributed by atoms with van der Waals surface area (Å²) < 4.78 is 36.9. The number of hydrogen-bond acceptors (Lipinski definition) is 18. The molecule has 0 aliphatic carbocycles. The third-order valence-electron chi connectivity index (χ3n) is 16.8. The van der Waals surface area contributed by atoms with Crippen molar-refractivity contribution in [1.29, 1.82) is 0 Å². The molecule has 8 bridgehead atoms. The Bertz CT molecular complexity index is 2360. The average molecular weight is 979 g/mol. The van der Waals surface area contributed by atoms with Crippen molar-refractivity contribution in [2.24, 2.45) is 54.4 Å². The van der Waals surface area contributed by atoms with Gasteiger partial charge >= 0.3 is 41.8 Å². The van der Waals surface area contributed by atoms with Gasteiger partial charge in [-0.2, -0.15) is 0 Å². The van der Waals surface area contributed by atoms with Gasteiger partial charge in [0.15, 0.2) is 0 Å². The number of methoxy groups -OCH3 is 7. The number of rotatable bonds is 18. The molecule has 8 atom stereocenters. The second-order valence-corrected chi connectivity index (χ2v) is 20.9. The topological polar surface area (TPSA) is 233 Å². The van der Waals surface area contributed by atoms with Crippen molar-refractivity contribution in [3.63, 3.8) is 0 Å². The first-order valence-corrected chi connectivity index (χ1v) is 23.9. The smallest absolute Gasteiger partial charge is 0.308 e. The molecule has 0 aromatic rings. The van der Waals surface area contributed by atoms with Crippen LogP contribution in [0, 0.1) is 39.4 Å². The number of allylic oxidation sites excluding steroid dienone is 6. The molecular weight excluding hydrogens is 905 g/mol. The van der Waals surface area contributed by atoms with E-state index in [1.165, 1.54) is 49.8 Å². The molecule has 5 aliphatic rings. The van der Waals surface area contributed by atoms with Crippen molar-refractivity contribution in [2.45, 2.75) is 144 Å². The van der Waals surface area contributed by atoms with Gasteiger partial charge in [-0.3, -0.25) is 48.5 Å². The van der Waals surface area contributed by atoms with Crippen LogP contribution in [0.2, 0.25) is 0 Å². The molecule has 0 amide bonds. The number of aliphatic imine (C=N–C) groups is 3. The molecule has 70 heavy (non-hydrogen) atoms. The normalized spacial score (nSPS) is 32.4. The fourth-order valence-corrected chi connectivity index (χ4v) is 12.4. The molecule has 0 aromatic heterocycles. The predicted molar refractivity (Wildman–Crippen MR) is 258 cm³/mol. The number of carbonyl (C=O) groups excluding carboxylic acids is 7. The summed E-state index contributed by atoms with van der Waals surface area (Å²) in [4.78, 5) is 111. The minimum Gasteiger partial charge on any atom is -0.469 e. The van der Waals surface area contributed by atoms with E-state index in [2.05, 4.69) is 19.2 Å². The molecule has 1 N–H and O–H groups in total. The Hall–Kier alpha value is -5.68. The van der Waals surface area contributed by atoms with Gasteiger partial charge in [0.1, 0.15) is 0 Å². The lowest BCUT2D eigenvalue weighted by molar-refractivity contribution is -0.148. The Morgan fingerprint density at radius 1 is 0.586 bits per heavy atom. The molecule has 0 saturated carbocycles. The van der Waals surface area contributed by atoms with Gasteiger partial charge in [-0.1, -0.05) is 34.6 Å². The molecule has 0 aromatic carbocycles. The van der Waals surface area contributed by atoms with Crippen LogP contribution >= 0.6 is 0 Å². The van der Waals surface area contributed by atoms with Gasteiger partial charge in [-0.05, 0) is 70.1 Å². The molecule has 18 nitrogen and oxygen atoms in total. The molecular formula is C52H74N4O14. The summed E-state index contributed by atoms with van der Waals surface area (Å²) in [6.07, 6.45) is 2.37. The van der Waals surface area contributed by atoms with Gasteiger partial charge in [0, 0.05) is 99.3 Å². The van der Waals surface area contributed by atoms with E-state index in [4.69, 9.17) is 48.1 Å². The number of nitrogens with one attached hydrogen (secondary N) is 1. The molecule has 1 fully saturated rings. The Morgan fingerprint density at radius 2 is 1.06 bits per heavy atom. The van der Waals surface area contributed by atoms with Crippen LogP contribution in [0.5, 0.6) is 0 Å². The third kappa shape index (κ3) is 9.84. The summed E-state index contributed by atoms with van der Waals surface area (Å²) in [6, 6.07) is 0. The van der Waals surface area contributed by atoms with Gasteiger partial charge in [-0.25, -0.2) is 0 Å². The second kappa shape index (κ2) is 21.0. The first kappa shape index (κ1) is 55.2. The van der Waals surface area contributed by atoms with Crippen molar-refractivity contribution in [1.82, 2.24) is 5.32 Å². The quantitative estimate of drug-likeness (QED) is 0.111. The SMILES string of the molecule is COC(=O)CC[C@@H]1C2=C(C)C3=N[C@@](CC(=O)OC)(C[C@@]3(C)CCC(=O)OC)[C@@]3(C)N=C(/C(C)=C4\N/C(=C\C(=N2)C1(C)C)[C@@H](CCC(=O)OC)[C@]4(C)CC(=O)OC)[C@@H](CCC(=O)OC)[C@]3(C)CC(=O)OC. The predicted octanol–water partition coefficient (Wildman–Crippen LogP) is 6.68. The molecule has 386 valence electrons. The minimum atomic E-state index is -1.51. The highest BCUT2D eigenvalue weighted by atomic mass is 16.5. The molecule has 0 radical (unpaired) electrons. The molecule has 0 unspecified atom stereocenters. The highest BCUT2D eigenvalue weighted by Gasteiger charge is 2.70. The molecule has 1 saturated heterocycles. The van der Waals surface area contributed by atoms with E-state index in [-0.39, 0.29) is 70.6 Å². The third-order valence-corrected chi connectivity index (χ3v) is 16.8. The van der Waals surface area contributed by atoms with Crippen LogP contribution < -0.4 is 5.32 Å². The van der Waals surface area contributed by atoms with E-state index in [0.717, 1.165) is 0 Å². The van der Waals surface area contributed by atoms with Gasteiger partial charge in [0.05, 0.1) is 80.1 Å². The van der Waals surface area contributed by atoms with Gasteiger partial charge in [0.25, 0.3) is 0 Å². The summed E-state index contributed by atoms with van der Waals surface area (Å²) in [6.45, 7) is 15.6. The lowest BCUT2D eigenvalue weighted by Gasteiger charge is -2.51. The first-order chi connectivity index (χ1) is 32.7. The standard InChI is InChI=1S/C52H74N4O14/c1-29-43-32(17-20-37(58)65-10)47(3,4)35(54-43)24-34-31(16-19-36(57)64-9)49(6,25-40(61)68-13)46(53-34)30(2)44-33(18-21-38(59)66-11)50(7,26-41(62)69-14)51(8,55-44)52(27-42(63)70-15)28-48(5,45(29)56-52)23-22-39(60)67-12/h24,31-33,53H,16-23,25-28H2,1-15H3/b34-24-,43-29?,46-30-/t31-,32-,33-,48-,49+,50+,51+,52+/m1/s1. The van der Waals surface area contributed by atoms with Gasteiger partial charge < -0.3 is 38.5 Å². The summed E-state index contributed by atoms with van der Waals surface area (Å²) >= 11 is 0. The van der Waals surface area contributed by atoms with Crippen LogP contribution in [0.4, 0.5) is 0 Å². The summed E-state index contributed by atoms with van der Waals surface area (Å²) in [5.74, 6) is -5.12. The van der Waals surface area contributed by atoms with Crippen LogP contribution in [-0.2, 0) is 66.7 Å². The van der Waals surface area contributed by atoms with Crippen molar-refractivity contribution in [2.75, 3.05) is 49.8 Å². The minimum absolute atomic E-state index is 0.00314. The highest BCUT2D eigenvalue weighted by Crippen LogP contribution is 2.65.